The third-order valence-corrected chi connectivity index (χ3v) is 2.51. The zero-order valence-corrected chi connectivity index (χ0v) is 6.88. The fourth-order valence-corrected chi connectivity index (χ4v) is 1.34. The molecule has 5 heteroatoms. The minimum atomic E-state index is -1.02. The molecule has 2 atom stereocenters. The van der Waals surface area contributed by atoms with Gasteiger partial charge in [0.2, 0.25) is 0 Å². The molecule has 1 saturated heterocycles. The summed E-state index contributed by atoms with van der Waals surface area (Å²) < 4.78 is 4.34. The van der Waals surface area contributed by atoms with Crippen LogP contribution in [0.4, 0.5) is 0 Å². The molecule has 64 valence electrons. The van der Waals surface area contributed by atoms with Crippen molar-refractivity contribution >= 4 is 18.6 Å². The summed E-state index contributed by atoms with van der Waals surface area (Å²) in [5.41, 5.74) is 5.40. The number of ether oxygens (including phenoxy) is 1. The standard InChI is InChI=1S/C6H11NO3S/c7-4(5(8)9)6(11)1-2-10-3-6/h4,11H,1-3,7H2,(H,8,9). The largest absolute Gasteiger partial charge is 0.480 e. The molecule has 0 aromatic rings. The molecule has 0 radical (unpaired) electrons. The van der Waals surface area contributed by atoms with Gasteiger partial charge in [0.25, 0.3) is 0 Å². The van der Waals surface area contributed by atoms with Crippen molar-refractivity contribution in [3.8, 4) is 0 Å². The second kappa shape index (κ2) is 3.00. The lowest BCUT2D eigenvalue weighted by Gasteiger charge is -2.24. The second-order valence-electron chi connectivity index (χ2n) is 2.72. The molecule has 4 nitrogen and oxygen atoms in total. The van der Waals surface area contributed by atoms with Crippen molar-refractivity contribution in [1.29, 1.82) is 0 Å². The van der Waals surface area contributed by atoms with Gasteiger partial charge in [-0.15, -0.1) is 0 Å². The number of rotatable bonds is 2. The van der Waals surface area contributed by atoms with Crippen molar-refractivity contribution in [2.45, 2.75) is 17.2 Å². The van der Waals surface area contributed by atoms with E-state index in [0.29, 0.717) is 19.6 Å². The number of carbonyl (C=O) groups is 1. The molecule has 0 aromatic heterocycles. The summed E-state index contributed by atoms with van der Waals surface area (Å²) in [6, 6.07) is -0.937. The van der Waals surface area contributed by atoms with E-state index in [4.69, 9.17) is 15.6 Å². The number of nitrogens with two attached hydrogens (primary N) is 1. The molecule has 1 aliphatic rings. The van der Waals surface area contributed by atoms with Crippen molar-refractivity contribution in [2.24, 2.45) is 5.73 Å². The Balaban J connectivity index is 2.63. The van der Waals surface area contributed by atoms with Gasteiger partial charge < -0.3 is 15.6 Å². The van der Waals surface area contributed by atoms with Crippen LogP contribution in [0.15, 0.2) is 0 Å². The molecule has 1 heterocycles. The van der Waals surface area contributed by atoms with Crippen LogP contribution in [-0.2, 0) is 9.53 Å². The number of aliphatic carboxylic acids is 1. The van der Waals surface area contributed by atoms with E-state index in [1.165, 1.54) is 0 Å². The molecule has 3 N–H and O–H groups in total. The summed E-state index contributed by atoms with van der Waals surface area (Å²) in [4.78, 5) is 10.5. The minimum absolute atomic E-state index is 0.323. The van der Waals surface area contributed by atoms with Crippen molar-refractivity contribution in [1.82, 2.24) is 0 Å². The first-order chi connectivity index (χ1) is 5.06. The quantitative estimate of drug-likeness (QED) is 0.497. The summed E-state index contributed by atoms with van der Waals surface area (Å²) in [5, 5.41) is 8.58. The van der Waals surface area contributed by atoms with E-state index in [1.807, 2.05) is 0 Å². The van der Waals surface area contributed by atoms with Gasteiger partial charge in [0.15, 0.2) is 0 Å². The first-order valence-corrected chi connectivity index (χ1v) is 3.79. The van der Waals surface area contributed by atoms with Gasteiger partial charge in [0, 0.05) is 6.61 Å². The Morgan fingerprint density at radius 2 is 2.45 bits per heavy atom. The van der Waals surface area contributed by atoms with Crippen molar-refractivity contribution in [3.63, 3.8) is 0 Å². The molecule has 1 fully saturated rings. The lowest BCUT2D eigenvalue weighted by molar-refractivity contribution is -0.139. The highest BCUT2D eigenvalue weighted by Crippen LogP contribution is 2.28. The average Bonchev–Trinajstić information content (AvgIpc) is 2.35. The fourth-order valence-electron chi connectivity index (χ4n) is 1.05. The molecule has 1 aliphatic heterocycles. The number of carboxylic acids is 1. The van der Waals surface area contributed by atoms with Gasteiger partial charge in [-0.2, -0.15) is 12.6 Å². The maximum absolute atomic E-state index is 10.5. The minimum Gasteiger partial charge on any atom is -0.480 e. The molecule has 2 unspecified atom stereocenters. The van der Waals surface area contributed by atoms with Crippen LogP contribution < -0.4 is 5.73 Å². The van der Waals surface area contributed by atoms with Crippen LogP contribution in [-0.4, -0.2) is 35.1 Å². The van der Waals surface area contributed by atoms with Crippen LogP contribution in [0.2, 0.25) is 0 Å². The van der Waals surface area contributed by atoms with Crippen molar-refractivity contribution < 1.29 is 14.6 Å². The maximum atomic E-state index is 10.5. The number of thiol groups is 1. The van der Waals surface area contributed by atoms with Crippen LogP contribution in [0.1, 0.15) is 6.42 Å². The monoisotopic (exact) mass is 177 g/mol. The van der Waals surface area contributed by atoms with E-state index in [1.54, 1.807) is 0 Å². The van der Waals surface area contributed by atoms with E-state index < -0.39 is 16.8 Å². The Bertz CT molecular complexity index is 167. The average molecular weight is 177 g/mol. The number of hydrogen-bond donors (Lipinski definition) is 3. The molecular formula is C6H11NO3S. The molecule has 0 spiro atoms. The summed E-state index contributed by atoms with van der Waals surface area (Å²) in [5.74, 6) is -1.02. The highest BCUT2D eigenvalue weighted by atomic mass is 32.1. The van der Waals surface area contributed by atoms with E-state index in [-0.39, 0.29) is 0 Å². The zero-order valence-electron chi connectivity index (χ0n) is 5.99. The third-order valence-electron chi connectivity index (χ3n) is 1.88. The maximum Gasteiger partial charge on any atom is 0.322 e. The van der Waals surface area contributed by atoms with E-state index in [2.05, 4.69) is 12.6 Å². The summed E-state index contributed by atoms with van der Waals surface area (Å²) >= 11 is 4.18. The predicted molar refractivity (Wildman–Crippen MR) is 42.8 cm³/mol. The lowest BCUT2D eigenvalue weighted by atomic mass is 9.99. The zero-order chi connectivity index (χ0) is 8.48. The Labute approximate surface area is 70.1 Å². The first kappa shape index (κ1) is 8.83. The molecule has 0 aromatic carbocycles. The molecule has 0 aliphatic carbocycles. The first-order valence-electron chi connectivity index (χ1n) is 3.35. The normalized spacial score (nSPS) is 33.6. The smallest absolute Gasteiger partial charge is 0.322 e. The molecule has 0 amide bonds. The number of carboxylic acid groups (broad SMARTS) is 1. The molecule has 0 bridgehead atoms. The predicted octanol–water partition coefficient (Wildman–Crippen LogP) is -0.513. The summed E-state index contributed by atoms with van der Waals surface area (Å²) in [6.45, 7) is 0.869. The highest BCUT2D eigenvalue weighted by Gasteiger charge is 2.41. The molecule has 11 heavy (non-hydrogen) atoms. The SMILES string of the molecule is NC(C(=O)O)C1(S)CCOC1. The van der Waals surface area contributed by atoms with Gasteiger partial charge in [0.1, 0.15) is 6.04 Å². The topological polar surface area (TPSA) is 72.6 Å². The van der Waals surface area contributed by atoms with Gasteiger partial charge in [-0.3, -0.25) is 4.79 Å². The number of hydrogen-bond acceptors (Lipinski definition) is 4. The third kappa shape index (κ3) is 1.66. The van der Waals surface area contributed by atoms with Crippen LogP contribution in [0, 0.1) is 0 Å². The van der Waals surface area contributed by atoms with Crippen molar-refractivity contribution in [3.05, 3.63) is 0 Å². The Morgan fingerprint density at radius 1 is 1.82 bits per heavy atom. The van der Waals surface area contributed by atoms with E-state index in [0.717, 1.165) is 0 Å². The molecule has 1 rings (SSSR count). The molecular weight excluding hydrogens is 166 g/mol. The van der Waals surface area contributed by atoms with Crippen LogP contribution in [0.5, 0.6) is 0 Å². The molecule has 0 saturated carbocycles. The van der Waals surface area contributed by atoms with Gasteiger partial charge in [-0.1, -0.05) is 0 Å². The highest BCUT2D eigenvalue weighted by molar-refractivity contribution is 7.82. The van der Waals surface area contributed by atoms with Crippen LogP contribution in [0.25, 0.3) is 0 Å². The fraction of sp³-hybridized carbons (Fsp3) is 0.833. The van der Waals surface area contributed by atoms with E-state index >= 15 is 0 Å². The Kier molecular flexibility index (Phi) is 2.41. The Morgan fingerprint density at radius 3 is 2.82 bits per heavy atom. The van der Waals surface area contributed by atoms with Gasteiger partial charge in [0.05, 0.1) is 11.4 Å². The Hall–Kier alpha value is -0.260. The second-order valence-corrected chi connectivity index (χ2v) is 3.61. The van der Waals surface area contributed by atoms with Crippen LogP contribution >= 0.6 is 12.6 Å². The van der Waals surface area contributed by atoms with Crippen LogP contribution in [0.3, 0.4) is 0 Å². The van der Waals surface area contributed by atoms with E-state index in [9.17, 15) is 4.79 Å². The van der Waals surface area contributed by atoms with Crippen molar-refractivity contribution in [2.75, 3.05) is 13.2 Å². The van der Waals surface area contributed by atoms with Gasteiger partial charge in [-0.25, -0.2) is 0 Å². The summed E-state index contributed by atoms with van der Waals surface area (Å²) in [7, 11) is 0. The van der Waals surface area contributed by atoms with Gasteiger partial charge >= 0.3 is 5.97 Å². The van der Waals surface area contributed by atoms with Gasteiger partial charge in [-0.05, 0) is 6.42 Å². The lowest BCUT2D eigenvalue weighted by Crippen LogP contribution is -2.49. The summed E-state index contributed by atoms with van der Waals surface area (Å²) in [6.07, 6.45) is 0.601.